The molecule has 1 atom stereocenters. The van der Waals surface area contributed by atoms with Gasteiger partial charge in [-0.1, -0.05) is 19.1 Å². The van der Waals surface area contributed by atoms with Crippen molar-refractivity contribution in [3.05, 3.63) is 12.2 Å². The number of likely N-dealkylation sites (N-methyl/N-ethyl adjacent to an activating group) is 1. The first kappa shape index (κ1) is 15.7. The monoisotopic (exact) mass is 267 g/mol. The van der Waals surface area contributed by atoms with Crippen LogP contribution in [0.25, 0.3) is 0 Å². The number of carbonyl (C=O) groups excluding carboxylic acids is 2. The van der Waals surface area contributed by atoms with Crippen LogP contribution < -0.4 is 10.6 Å². The third kappa shape index (κ3) is 5.87. The number of hydrogen-bond acceptors (Lipinski definition) is 3. The van der Waals surface area contributed by atoms with Crippen LogP contribution in [0.2, 0.25) is 0 Å². The lowest BCUT2D eigenvalue weighted by atomic mass is 10.1. The van der Waals surface area contributed by atoms with E-state index in [-0.39, 0.29) is 17.9 Å². The fraction of sp³-hybridized carbons (Fsp3) is 0.714. The van der Waals surface area contributed by atoms with Crippen molar-refractivity contribution in [2.45, 2.75) is 39.2 Å². The smallest absolute Gasteiger partial charge is 0.242 e. The standard InChI is InChI=1S/C14H25N3O2/c1-4-17(9-11(2)3)10-13(18)16-12-7-5-6-8-15-14(12)19/h12H,2,4-10H2,1,3H3,(H,15,19)(H,16,18)/t12-/m1/s1. The highest BCUT2D eigenvalue weighted by Crippen LogP contribution is 2.05. The van der Waals surface area contributed by atoms with Gasteiger partial charge in [-0.05, 0) is 32.7 Å². The topological polar surface area (TPSA) is 61.4 Å². The molecular weight excluding hydrogens is 242 g/mol. The lowest BCUT2D eigenvalue weighted by Gasteiger charge is -2.22. The van der Waals surface area contributed by atoms with E-state index in [9.17, 15) is 9.59 Å². The molecule has 1 heterocycles. The first-order chi connectivity index (χ1) is 9.02. The van der Waals surface area contributed by atoms with E-state index in [2.05, 4.69) is 17.2 Å². The van der Waals surface area contributed by atoms with Crippen LogP contribution in [0.3, 0.4) is 0 Å². The Morgan fingerprint density at radius 2 is 2.21 bits per heavy atom. The van der Waals surface area contributed by atoms with Gasteiger partial charge in [0.1, 0.15) is 6.04 Å². The van der Waals surface area contributed by atoms with Gasteiger partial charge >= 0.3 is 0 Å². The summed E-state index contributed by atoms with van der Waals surface area (Å²) >= 11 is 0. The summed E-state index contributed by atoms with van der Waals surface area (Å²) in [5.41, 5.74) is 1.03. The Hall–Kier alpha value is -1.36. The number of hydrogen-bond donors (Lipinski definition) is 2. The molecule has 0 saturated carbocycles. The summed E-state index contributed by atoms with van der Waals surface area (Å²) < 4.78 is 0. The highest BCUT2D eigenvalue weighted by atomic mass is 16.2. The fourth-order valence-corrected chi connectivity index (χ4v) is 2.18. The molecule has 19 heavy (non-hydrogen) atoms. The second kappa shape index (κ2) is 7.94. The second-order valence-corrected chi connectivity index (χ2v) is 5.17. The molecule has 0 aromatic heterocycles. The van der Waals surface area contributed by atoms with Gasteiger partial charge in [-0.15, -0.1) is 0 Å². The minimum absolute atomic E-state index is 0.0613. The number of nitrogens with zero attached hydrogens (tertiary/aromatic N) is 1. The van der Waals surface area contributed by atoms with Crippen molar-refractivity contribution in [3.63, 3.8) is 0 Å². The van der Waals surface area contributed by atoms with Crippen molar-refractivity contribution in [2.24, 2.45) is 0 Å². The SMILES string of the molecule is C=C(C)CN(CC)CC(=O)N[C@@H]1CCCCNC1=O. The van der Waals surface area contributed by atoms with Gasteiger partial charge < -0.3 is 10.6 Å². The Morgan fingerprint density at radius 3 is 2.84 bits per heavy atom. The summed E-state index contributed by atoms with van der Waals surface area (Å²) in [6.07, 6.45) is 2.67. The molecule has 1 saturated heterocycles. The highest BCUT2D eigenvalue weighted by Gasteiger charge is 2.22. The van der Waals surface area contributed by atoms with Crippen LogP contribution in [-0.2, 0) is 9.59 Å². The molecule has 0 aromatic carbocycles. The van der Waals surface area contributed by atoms with Gasteiger partial charge in [0.25, 0.3) is 0 Å². The summed E-state index contributed by atoms with van der Waals surface area (Å²) in [4.78, 5) is 25.7. The molecule has 5 heteroatoms. The quantitative estimate of drug-likeness (QED) is 0.695. The van der Waals surface area contributed by atoms with Crippen LogP contribution in [0, 0.1) is 0 Å². The molecular formula is C14H25N3O2. The largest absolute Gasteiger partial charge is 0.354 e. The molecule has 0 aliphatic carbocycles. The Kier molecular flexibility index (Phi) is 6.56. The van der Waals surface area contributed by atoms with E-state index in [4.69, 9.17) is 0 Å². The molecule has 2 N–H and O–H groups in total. The van der Waals surface area contributed by atoms with Crippen molar-refractivity contribution < 1.29 is 9.59 Å². The van der Waals surface area contributed by atoms with Gasteiger partial charge in [0.15, 0.2) is 0 Å². The molecule has 108 valence electrons. The average Bonchev–Trinajstić information content (AvgIpc) is 2.53. The van der Waals surface area contributed by atoms with Crippen molar-refractivity contribution in [2.75, 3.05) is 26.2 Å². The molecule has 0 unspecified atom stereocenters. The predicted molar refractivity (Wildman–Crippen MR) is 75.7 cm³/mol. The zero-order valence-corrected chi connectivity index (χ0v) is 12.0. The summed E-state index contributed by atoms with van der Waals surface area (Å²) in [5.74, 6) is -0.154. The van der Waals surface area contributed by atoms with Crippen LogP contribution in [-0.4, -0.2) is 48.9 Å². The predicted octanol–water partition coefficient (Wildman–Crippen LogP) is 0.669. The van der Waals surface area contributed by atoms with E-state index in [0.29, 0.717) is 19.6 Å². The summed E-state index contributed by atoms with van der Waals surface area (Å²) in [6, 6.07) is -0.376. The molecule has 1 fully saturated rings. The third-order valence-electron chi connectivity index (χ3n) is 3.18. The van der Waals surface area contributed by atoms with Crippen LogP contribution >= 0.6 is 0 Å². The molecule has 0 spiro atoms. The second-order valence-electron chi connectivity index (χ2n) is 5.17. The number of rotatable bonds is 6. The molecule has 1 aliphatic rings. The summed E-state index contributed by atoms with van der Waals surface area (Å²) in [7, 11) is 0. The van der Waals surface area contributed by atoms with Gasteiger partial charge in [0, 0.05) is 13.1 Å². The van der Waals surface area contributed by atoms with E-state index >= 15 is 0 Å². The molecule has 1 rings (SSSR count). The number of amides is 2. The maximum atomic E-state index is 12.0. The first-order valence-corrected chi connectivity index (χ1v) is 6.96. The van der Waals surface area contributed by atoms with Crippen LogP contribution in [0.1, 0.15) is 33.1 Å². The Bertz CT molecular complexity index is 342. The van der Waals surface area contributed by atoms with E-state index < -0.39 is 0 Å². The summed E-state index contributed by atoms with van der Waals surface area (Å²) in [5, 5.41) is 5.64. The zero-order valence-electron chi connectivity index (χ0n) is 12.0. The lowest BCUT2D eigenvalue weighted by molar-refractivity contribution is -0.129. The fourth-order valence-electron chi connectivity index (χ4n) is 2.18. The normalized spacial score (nSPS) is 19.7. The van der Waals surface area contributed by atoms with Gasteiger partial charge in [0.2, 0.25) is 11.8 Å². The highest BCUT2D eigenvalue weighted by molar-refractivity contribution is 5.88. The third-order valence-corrected chi connectivity index (χ3v) is 3.18. The van der Waals surface area contributed by atoms with Crippen LogP contribution in [0.4, 0.5) is 0 Å². The zero-order chi connectivity index (χ0) is 14.3. The molecule has 0 radical (unpaired) electrons. The Balaban J connectivity index is 2.44. The molecule has 2 amide bonds. The van der Waals surface area contributed by atoms with Gasteiger partial charge in [-0.2, -0.15) is 0 Å². The van der Waals surface area contributed by atoms with E-state index in [1.165, 1.54) is 0 Å². The van der Waals surface area contributed by atoms with Gasteiger partial charge in [0.05, 0.1) is 6.54 Å². The lowest BCUT2D eigenvalue weighted by Crippen LogP contribution is -2.48. The van der Waals surface area contributed by atoms with Gasteiger partial charge in [-0.3, -0.25) is 14.5 Å². The van der Waals surface area contributed by atoms with Crippen molar-refractivity contribution >= 4 is 11.8 Å². The van der Waals surface area contributed by atoms with Crippen LogP contribution in [0.15, 0.2) is 12.2 Å². The van der Waals surface area contributed by atoms with Crippen molar-refractivity contribution in [1.29, 1.82) is 0 Å². The van der Waals surface area contributed by atoms with Gasteiger partial charge in [-0.25, -0.2) is 0 Å². The van der Waals surface area contributed by atoms with E-state index in [1.807, 2.05) is 18.7 Å². The summed E-state index contributed by atoms with van der Waals surface area (Å²) in [6.45, 7) is 10.3. The molecule has 1 aliphatic heterocycles. The minimum atomic E-state index is -0.376. The first-order valence-electron chi connectivity index (χ1n) is 6.96. The average molecular weight is 267 g/mol. The van der Waals surface area contributed by atoms with Crippen molar-refractivity contribution in [3.8, 4) is 0 Å². The van der Waals surface area contributed by atoms with E-state index in [1.54, 1.807) is 0 Å². The molecule has 0 bridgehead atoms. The number of nitrogens with one attached hydrogen (secondary N) is 2. The van der Waals surface area contributed by atoms with Crippen molar-refractivity contribution in [1.82, 2.24) is 15.5 Å². The molecule has 0 aromatic rings. The number of carbonyl (C=O) groups is 2. The maximum absolute atomic E-state index is 12.0. The Labute approximate surface area is 115 Å². The Morgan fingerprint density at radius 1 is 1.47 bits per heavy atom. The van der Waals surface area contributed by atoms with Crippen LogP contribution in [0.5, 0.6) is 0 Å². The molecule has 5 nitrogen and oxygen atoms in total. The maximum Gasteiger partial charge on any atom is 0.242 e. The van der Waals surface area contributed by atoms with E-state index in [0.717, 1.165) is 31.4 Å². The minimum Gasteiger partial charge on any atom is -0.354 e.